The van der Waals surface area contributed by atoms with Gasteiger partial charge in [-0.3, -0.25) is 9.98 Å². The summed E-state index contributed by atoms with van der Waals surface area (Å²) < 4.78 is 18.8. The quantitative estimate of drug-likeness (QED) is 0.193. The SMILES string of the molecule is CCOC(=O)/C(C=Nc1cccc2ncccc12)=C(/O)c1cc(F)c(Cl)nc1Cl. The molecule has 0 aliphatic heterocycles. The van der Waals surface area contributed by atoms with Crippen LogP contribution in [0.3, 0.4) is 0 Å². The lowest BCUT2D eigenvalue weighted by molar-refractivity contribution is -0.137. The van der Waals surface area contributed by atoms with Crippen molar-refractivity contribution in [2.45, 2.75) is 6.92 Å². The summed E-state index contributed by atoms with van der Waals surface area (Å²) in [5.74, 6) is -2.41. The van der Waals surface area contributed by atoms with E-state index in [1.54, 1.807) is 31.3 Å². The lowest BCUT2D eigenvalue weighted by Crippen LogP contribution is -2.11. The molecule has 0 unspecified atom stereocenters. The van der Waals surface area contributed by atoms with Crippen LogP contribution >= 0.6 is 23.2 Å². The Morgan fingerprint density at radius 1 is 1.28 bits per heavy atom. The van der Waals surface area contributed by atoms with Crippen molar-refractivity contribution in [3.05, 3.63) is 69.9 Å². The van der Waals surface area contributed by atoms with E-state index >= 15 is 0 Å². The average molecular weight is 434 g/mol. The minimum atomic E-state index is -0.905. The second-order valence-corrected chi connectivity index (χ2v) is 6.40. The molecule has 0 fully saturated rings. The van der Waals surface area contributed by atoms with E-state index < -0.39 is 22.7 Å². The largest absolute Gasteiger partial charge is 0.506 e. The van der Waals surface area contributed by atoms with Crippen LogP contribution < -0.4 is 0 Å². The molecule has 1 aromatic carbocycles. The van der Waals surface area contributed by atoms with Crippen molar-refractivity contribution >= 4 is 57.7 Å². The minimum Gasteiger partial charge on any atom is -0.506 e. The Bertz CT molecular complexity index is 1140. The Morgan fingerprint density at radius 2 is 2.07 bits per heavy atom. The van der Waals surface area contributed by atoms with E-state index in [1.807, 2.05) is 12.1 Å². The summed E-state index contributed by atoms with van der Waals surface area (Å²) in [7, 11) is 0. The number of aliphatic imine (C=N–C) groups is 1. The van der Waals surface area contributed by atoms with E-state index in [9.17, 15) is 14.3 Å². The Labute approximate surface area is 175 Å². The number of pyridine rings is 2. The summed E-state index contributed by atoms with van der Waals surface area (Å²) in [5, 5.41) is 10.6. The van der Waals surface area contributed by atoms with Gasteiger partial charge in [-0.15, -0.1) is 0 Å². The molecule has 1 N–H and O–H groups in total. The predicted octanol–water partition coefficient (Wildman–Crippen LogP) is 5.31. The third-order valence-corrected chi connectivity index (χ3v) is 4.40. The van der Waals surface area contributed by atoms with Gasteiger partial charge in [-0.1, -0.05) is 29.3 Å². The normalized spacial score (nSPS) is 12.3. The summed E-state index contributed by atoms with van der Waals surface area (Å²) in [6.07, 6.45) is 2.77. The van der Waals surface area contributed by atoms with E-state index in [1.165, 1.54) is 0 Å². The fourth-order valence-electron chi connectivity index (χ4n) is 2.51. The molecular formula is C20H14Cl2FN3O3. The predicted molar refractivity (Wildman–Crippen MR) is 110 cm³/mol. The molecule has 3 aromatic rings. The third-order valence-electron chi connectivity index (χ3n) is 3.85. The molecule has 0 atom stereocenters. The molecule has 0 saturated heterocycles. The van der Waals surface area contributed by atoms with Crippen molar-refractivity contribution in [3.63, 3.8) is 0 Å². The summed E-state index contributed by atoms with van der Waals surface area (Å²) >= 11 is 11.5. The van der Waals surface area contributed by atoms with Crippen LogP contribution in [0.1, 0.15) is 12.5 Å². The van der Waals surface area contributed by atoms with Gasteiger partial charge in [-0.2, -0.15) is 0 Å². The molecule has 6 nitrogen and oxygen atoms in total. The summed E-state index contributed by atoms with van der Waals surface area (Å²) in [5.41, 5.74) is 0.678. The Morgan fingerprint density at radius 3 is 2.83 bits per heavy atom. The first-order valence-corrected chi connectivity index (χ1v) is 9.18. The van der Waals surface area contributed by atoms with Crippen LogP contribution in [0.15, 0.2) is 53.2 Å². The van der Waals surface area contributed by atoms with Crippen LogP contribution in [-0.2, 0) is 9.53 Å². The summed E-state index contributed by atoms with van der Waals surface area (Å²) in [6, 6.07) is 9.74. The molecule has 148 valence electrons. The molecule has 0 aliphatic carbocycles. The number of benzene rings is 1. The molecule has 0 bridgehead atoms. The zero-order valence-electron chi connectivity index (χ0n) is 15.1. The van der Waals surface area contributed by atoms with Crippen molar-refractivity contribution in [2.24, 2.45) is 4.99 Å². The zero-order chi connectivity index (χ0) is 21.0. The van der Waals surface area contributed by atoms with Crippen molar-refractivity contribution in [1.29, 1.82) is 0 Å². The number of aliphatic hydroxyl groups is 1. The van der Waals surface area contributed by atoms with Crippen LogP contribution in [0, 0.1) is 5.82 Å². The zero-order valence-corrected chi connectivity index (χ0v) is 16.6. The number of hydrogen-bond acceptors (Lipinski definition) is 6. The molecule has 0 aliphatic rings. The highest BCUT2D eigenvalue weighted by Gasteiger charge is 2.20. The molecular weight excluding hydrogens is 420 g/mol. The first kappa shape index (κ1) is 20.7. The fourth-order valence-corrected chi connectivity index (χ4v) is 2.92. The Balaban J connectivity index is 2.13. The van der Waals surface area contributed by atoms with E-state index in [0.29, 0.717) is 11.2 Å². The number of rotatable bonds is 5. The van der Waals surface area contributed by atoms with Gasteiger partial charge < -0.3 is 9.84 Å². The molecule has 0 saturated carbocycles. The number of aromatic nitrogens is 2. The molecule has 3 rings (SSSR count). The van der Waals surface area contributed by atoms with Gasteiger partial charge in [0.15, 0.2) is 11.0 Å². The number of ether oxygens (including phenoxy) is 1. The standard InChI is InChI=1S/C20H14Cl2FN3O3/c1-2-29-20(28)13(17(27)12-9-14(23)19(22)26-18(12)21)10-25-16-7-3-6-15-11(16)5-4-8-24-15/h3-10,27H,2H2,1H3/b17-13+,25-10?. The van der Waals surface area contributed by atoms with Gasteiger partial charge in [0, 0.05) is 17.8 Å². The highest BCUT2D eigenvalue weighted by Crippen LogP contribution is 2.28. The van der Waals surface area contributed by atoms with Crippen LogP contribution in [0.25, 0.3) is 16.7 Å². The molecule has 0 spiro atoms. The highest BCUT2D eigenvalue weighted by molar-refractivity contribution is 6.34. The first-order chi connectivity index (χ1) is 13.9. The van der Waals surface area contributed by atoms with Gasteiger partial charge in [-0.05, 0) is 37.3 Å². The van der Waals surface area contributed by atoms with Crippen molar-refractivity contribution in [1.82, 2.24) is 9.97 Å². The van der Waals surface area contributed by atoms with Gasteiger partial charge in [0.25, 0.3) is 0 Å². The monoisotopic (exact) mass is 433 g/mol. The number of esters is 1. The molecule has 0 radical (unpaired) electrons. The molecule has 29 heavy (non-hydrogen) atoms. The lowest BCUT2D eigenvalue weighted by Gasteiger charge is -2.09. The lowest BCUT2D eigenvalue weighted by atomic mass is 10.1. The van der Waals surface area contributed by atoms with E-state index in [4.69, 9.17) is 27.9 Å². The topological polar surface area (TPSA) is 84.7 Å². The van der Waals surface area contributed by atoms with Crippen LogP contribution in [0.4, 0.5) is 10.1 Å². The van der Waals surface area contributed by atoms with Gasteiger partial charge >= 0.3 is 5.97 Å². The van der Waals surface area contributed by atoms with E-state index in [-0.39, 0.29) is 22.9 Å². The van der Waals surface area contributed by atoms with Crippen LogP contribution in [0.2, 0.25) is 10.3 Å². The maximum Gasteiger partial charge on any atom is 0.343 e. The number of halogens is 3. The van der Waals surface area contributed by atoms with Crippen LogP contribution in [-0.4, -0.2) is 33.9 Å². The number of aliphatic hydroxyl groups excluding tert-OH is 1. The van der Waals surface area contributed by atoms with E-state index in [0.717, 1.165) is 17.7 Å². The van der Waals surface area contributed by atoms with Crippen molar-refractivity contribution in [3.8, 4) is 0 Å². The molecule has 2 aromatic heterocycles. The van der Waals surface area contributed by atoms with Crippen LogP contribution in [0.5, 0.6) is 0 Å². The molecule has 9 heteroatoms. The minimum absolute atomic E-state index is 0.0581. The van der Waals surface area contributed by atoms with Gasteiger partial charge in [0.1, 0.15) is 16.5 Å². The van der Waals surface area contributed by atoms with Gasteiger partial charge in [0.2, 0.25) is 0 Å². The maximum atomic E-state index is 13.8. The summed E-state index contributed by atoms with van der Waals surface area (Å²) in [4.78, 5) is 24.5. The number of hydrogen-bond donors (Lipinski definition) is 1. The second-order valence-electron chi connectivity index (χ2n) is 5.69. The van der Waals surface area contributed by atoms with Gasteiger partial charge in [0.05, 0.1) is 23.4 Å². The fraction of sp³-hybridized carbons (Fsp3) is 0.100. The molecule has 0 amide bonds. The van der Waals surface area contributed by atoms with Gasteiger partial charge in [-0.25, -0.2) is 14.2 Å². The number of carbonyl (C=O) groups is 1. The Kier molecular flexibility index (Phi) is 6.41. The molecule has 2 heterocycles. The smallest absolute Gasteiger partial charge is 0.343 e. The number of carbonyl (C=O) groups excluding carboxylic acids is 1. The summed E-state index contributed by atoms with van der Waals surface area (Å²) in [6.45, 7) is 1.67. The van der Waals surface area contributed by atoms with Crippen molar-refractivity contribution < 1.29 is 19.0 Å². The first-order valence-electron chi connectivity index (χ1n) is 8.42. The van der Waals surface area contributed by atoms with Crippen molar-refractivity contribution in [2.75, 3.05) is 6.61 Å². The third kappa shape index (κ3) is 4.52. The Hall–Kier alpha value is -3.03. The second kappa shape index (κ2) is 8.98. The average Bonchev–Trinajstić information content (AvgIpc) is 2.71. The van der Waals surface area contributed by atoms with E-state index in [2.05, 4.69) is 15.0 Å². The highest BCUT2D eigenvalue weighted by atomic mass is 35.5. The maximum absolute atomic E-state index is 13.8. The number of fused-ring (bicyclic) bond motifs is 1. The number of nitrogens with zero attached hydrogens (tertiary/aromatic N) is 3.